The molecule has 0 bridgehead atoms. The van der Waals surface area contributed by atoms with E-state index in [-0.39, 0.29) is 33.6 Å². The number of carboxylic acid groups (broad SMARTS) is 1. The van der Waals surface area contributed by atoms with Crippen LogP contribution < -0.4 is 10.6 Å². The normalized spacial score (nSPS) is 11.0. The lowest BCUT2D eigenvalue weighted by Gasteiger charge is -2.11. The lowest BCUT2D eigenvalue weighted by Crippen LogP contribution is -2.16. The van der Waals surface area contributed by atoms with Gasteiger partial charge in [-0.25, -0.2) is 4.79 Å². The van der Waals surface area contributed by atoms with Crippen LogP contribution in [0.15, 0.2) is 53.4 Å². The Labute approximate surface area is 138 Å². The zero-order chi connectivity index (χ0) is 17.7. The summed E-state index contributed by atoms with van der Waals surface area (Å²) in [7, 11) is 0. The second-order valence-electron chi connectivity index (χ2n) is 4.51. The van der Waals surface area contributed by atoms with E-state index < -0.39 is 17.5 Å². The van der Waals surface area contributed by atoms with Crippen LogP contribution in [0.3, 0.4) is 0 Å². The minimum absolute atomic E-state index is 0.0498. The van der Waals surface area contributed by atoms with Gasteiger partial charge in [0.1, 0.15) is 0 Å². The van der Waals surface area contributed by atoms with Crippen LogP contribution in [0.5, 0.6) is 0 Å². The van der Waals surface area contributed by atoms with Gasteiger partial charge in [0.25, 0.3) is 5.91 Å². The third-order valence-electron chi connectivity index (χ3n) is 2.74. The molecule has 0 aliphatic heterocycles. The van der Waals surface area contributed by atoms with Gasteiger partial charge in [-0.1, -0.05) is 18.2 Å². The molecule has 0 atom stereocenters. The predicted molar refractivity (Wildman–Crippen MR) is 84.4 cm³/mol. The van der Waals surface area contributed by atoms with Gasteiger partial charge in [0.15, 0.2) is 0 Å². The van der Waals surface area contributed by atoms with E-state index in [4.69, 9.17) is 5.11 Å². The van der Waals surface area contributed by atoms with Crippen LogP contribution in [-0.4, -0.2) is 22.6 Å². The summed E-state index contributed by atoms with van der Waals surface area (Å²) in [5, 5.41) is 13.3. The molecule has 0 aromatic heterocycles. The Balaban J connectivity index is 2.19. The fraction of sp³-hybridized carbons (Fsp3) is 0.0667. The minimum Gasteiger partial charge on any atom is -0.465 e. The highest BCUT2D eigenvalue weighted by Gasteiger charge is 2.29. The fourth-order valence-electron chi connectivity index (χ4n) is 1.87. The molecule has 2 aromatic carbocycles. The summed E-state index contributed by atoms with van der Waals surface area (Å²) in [5.74, 6) is -0.645. The van der Waals surface area contributed by atoms with E-state index in [1.807, 2.05) is 0 Å². The van der Waals surface area contributed by atoms with Gasteiger partial charge in [-0.15, -0.1) is 0 Å². The highest BCUT2D eigenvalue weighted by atomic mass is 32.2. The van der Waals surface area contributed by atoms with Crippen molar-refractivity contribution in [1.82, 2.24) is 0 Å². The molecule has 0 fully saturated rings. The molecule has 0 saturated heterocycles. The lowest BCUT2D eigenvalue weighted by molar-refractivity contribution is -0.0328. The maximum absolute atomic E-state index is 12.4. The summed E-state index contributed by atoms with van der Waals surface area (Å²) in [5.41, 5.74) is -4.14. The molecule has 126 valence electrons. The summed E-state index contributed by atoms with van der Waals surface area (Å²) in [6, 6.07) is 11.2. The summed E-state index contributed by atoms with van der Waals surface area (Å²) in [4.78, 5) is 22.9. The first-order valence-electron chi connectivity index (χ1n) is 6.51. The number of hydrogen-bond donors (Lipinski definition) is 3. The monoisotopic (exact) mass is 356 g/mol. The van der Waals surface area contributed by atoms with Crippen LogP contribution in [0.1, 0.15) is 10.4 Å². The van der Waals surface area contributed by atoms with Crippen molar-refractivity contribution in [3.63, 3.8) is 0 Å². The third kappa shape index (κ3) is 5.20. The van der Waals surface area contributed by atoms with Crippen LogP contribution >= 0.6 is 11.8 Å². The second kappa shape index (κ2) is 7.26. The van der Waals surface area contributed by atoms with Crippen LogP contribution in [0.2, 0.25) is 0 Å². The van der Waals surface area contributed by atoms with Gasteiger partial charge in [0.05, 0.1) is 11.3 Å². The van der Waals surface area contributed by atoms with E-state index >= 15 is 0 Å². The van der Waals surface area contributed by atoms with Gasteiger partial charge in [0, 0.05) is 10.6 Å². The maximum Gasteiger partial charge on any atom is 0.446 e. The van der Waals surface area contributed by atoms with Crippen molar-refractivity contribution < 1.29 is 27.9 Å². The average Bonchev–Trinajstić information content (AvgIpc) is 2.45. The Morgan fingerprint density at radius 1 is 1.00 bits per heavy atom. The molecule has 0 saturated carbocycles. The first-order valence-corrected chi connectivity index (χ1v) is 7.32. The molecule has 9 heteroatoms. The summed E-state index contributed by atoms with van der Waals surface area (Å²) >= 11 is -0.292. The molecular formula is C15H11F3N2O3S. The summed E-state index contributed by atoms with van der Waals surface area (Å²) < 4.78 is 37.2. The lowest BCUT2D eigenvalue weighted by atomic mass is 10.1. The van der Waals surface area contributed by atoms with Crippen LogP contribution in [0.4, 0.5) is 29.3 Å². The van der Waals surface area contributed by atoms with Crippen LogP contribution in [0.25, 0.3) is 0 Å². The van der Waals surface area contributed by atoms with Crippen LogP contribution in [-0.2, 0) is 0 Å². The number of amides is 2. The molecule has 2 aromatic rings. The maximum atomic E-state index is 12.4. The van der Waals surface area contributed by atoms with Crippen molar-refractivity contribution in [2.24, 2.45) is 0 Å². The summed E-state index contributed by atoms with van der Waals surface area (Å²) in [6.07, 6.45) is -1.33. The smallest absolute Gasteiger partial charge is 0.446 e. The van der Waals surface area contributed by atoms with E-state index in [9.17, 15) is 22.8 Å². The van der Waals surface area contributed by atoms with Gasteiger partial charge < -0.3 is 10.4 Å². The molecule has 24 heavy (non-hydrogen) atoms. The number of halogens is 3. The topological polar surface area (TPSA) is 78.4 Å². The fourth-order valence-corrected chi connectivity index (χ4v) is 2.47. The number of thioether (sulfide) groups is 1. The number of rotatable bonds is 4. The van der Waals surface area contributed by atoms with Gasteiger partial charge >= 0.3 is 11.6 Å². The number of para-hydroxylation sites is 1. The van der Waals surface area contributed by atoms with Crippen molar-refractivity contribution in [2.75, 3.05) is 10.6 Å². The largest absolute Gasteiger partial charge is 0.465 e. The Bertz CT molecular complexity index is 766. The highest BCUT2D eigenvalue weighted by molar-refractivity contribution is 8.00. The average molecular weight is 356 g/mol. The van der Waals surface area contributed by atoms with Crippen molar-refractivity contribution in [1.29, 1.82) is 0 Å². The van der Waals surface area contributed by atoms with Crippen molar-refractivity contribution in [3.8, 4) is 0 Å². The Kier molecular flexibility index (Phi) is 5.35. The number of alkyl halides is 3. The number of carbonyl (C=O) groups is 2. The first kappa shape index (κ1) is 17.7. The molecule has 5 nitrogen and oxygen atoms in total. The first-order chi connectivity index (χ1) is 11.2. The van der Waals surface area contributed by atoms with Gasteiger partial charge in [-0.05, 0) is 42.1 Å². The van der Waals surface area contributed by atoms with Gasteiger partial charge in [0.2, 0.25) is 0 Å². The molecule has 3 N–H and O–H groups in total. The van der Waals surface area contributed by atoms with E-state index in [1.54, 1.807) is 6.07 Å². The molecule has 2 rings (SSSR count). The number of nitrogens with one attached hydrogen (secondary N) is 2. The van der Waals surface area contributed by atoms with E-state index in [0.717, 1.165) is 0 Å². The highest BCUT2D eigenvalue weighted by Crippen LogP contribution is 2.37. The molecule has 0 spiro atoms. The van der Waals surface area contributed by atoms with Crippen molar-refractivity contribution in [3.05, 3.63) is 54.1 Å². The Morgan fingerprint density at radius 2 is 1.71 bits per heavy atom. The molecule has 0 aliphatic rings. The quantitative estimate of drug-likeness (QED) is 0.698. The standard InChI is InChI=1S/C15H11F3N2O3S/c16-15(17,18)24-10-5-3-4-9(8-10)19-13(21)11-6-1-2-7-12(11)20-14(22)23/h1-8,20H,(H,19,21)(H,22,23). The minimum atomic E-state index is -4.43. The number of anilines is 2. The van der Waals surface area contributed by atoms with Crippen molar-refractivity contribution >= 4 is 35.1 Å². The second-order valence-corrected chi connectivity index (χ2v) is 5.64. The van der Waals surface area contributed by atoms with Crippen LogP contribution in [0, 0.1) is 0 Å². The Morgan fingerprint density at radius 3 is 2.38 bits per heavy atom. The molecular weight excluding hydrogens is 345 g/mol. The Hall–Kier alpha value is -2.68. The van der Waals surface area contributed by atoms with E-state index in [0.29, 0.717) is 0 Å². The number of hydrogen-bond acceptors (Lipinski definition) is 3. The molecule has 0 aliphatic carbocycles. The van der Waals surface area contributed by atoms with E-state index in [1.165, 1.54) is 42.5 Å². The third-order valence-corrected chi connectivity index (χ3v) is 3.46. The number of carbonyl (C=O) groups excluding carboxylic acids is 1. The molecule has 0 unspecified atom stereocenters. The number of benzene rings is 2. The van der Waals surface area contributed by atoms with Crippen molar-refractivity contribution in [2.45, 2.75) is 10.4 Å². The zero-order valence-electron chi connectivity index (χ0n) is 11.9. The molecule has 0 radical (unpaired) electrons. The van der Waals surface area contributed by atoms with Gasteiger partial charge in [-0.2, -0.15) is 13.2 Å². The van der Waals surface area contributed by atoms with Gasteiger partial charge in [-0.3, -0.25) is 10.1 Å². The SMILES string of the molecule is O=C(O)Nc1ccccc1C(=O)Nc1cccc(SC(F)(F)F)c1. The van der Waals surface area contributed by atoms with E-state index in [2.05, 4.69) is 10.6 Å². The summed E-state index contributed by atoms with van der Waals surface area (Å²) in [6.45, 7) is 0. The predicted octanol–water partition coefficient (Wildman–Crippen LogP) is 4.64. The molecule has 0 heterocycles. The zero-order valence-corrected chi connectivity index (χ0v) is 12.7. The molecule has 2 amide bonds.